The van der Waals surface area contributed by atoms with Gasteiger partial charge in [-0.05, 0) is 49.6 Å². The maximum absolute atomic E-state index is 2.35. The summed E-state index contributed by atoms with van der Waals surface area (Å²) in [6.07, 6.45) is 6.85. The first-order valence-electron chi connectivity index (χ1n) is 7.16. The van der Waals surface area contributed by atoms with Crippen molar-refractivity contribution in [1.29, 1.82) is 0 Å². The summed E-state index contributed by atoms with van der Waals surface area (Å²) in [4.78, 5) is 2.35. The molecule has 1 heteroatoms. The van der Waals surface area contributed by atoms with Crippen LogP contribution in [0.5, 0.6) is 0 Å². The van der Waals surface area contributed by atoms with Crippen molar-refractivity contribution < 1.29 is 0 Å². The molecule has 1 aliphatic rings. The molecule has 100 valence electrons. The van der Waals surface area contributed by atoms with E-state index in [0.29, 0.717) is 0 Å². The Bertz CT molecular complexity index is 584. The standard InChI is InChI=1S/C19H19N/c1-2-16-10-9-15-19(16)20(17-11-5-3-6-12-17)18-13-7-4-8-14-18/h2-8,11-15H,9-10H2,1H3/b16-2+. The van der Waals surface area contributed by atoms with Gasteiger partial charge in [-0.15, -0.1) is 0 Å². The average Bonchev–Trinajstić information content (AvgIpc) is 2.98. The summed E-state index contributed by atoms with van der Waals surface area (Å²) in [5.41, 5.74) is 5.18. The molecule has 0 heterocycles. The minimum Gasteiger partial charge on any atom is -0.311 e. The topological polar surface area (TPSA) is 3.24 Å². The number of hydrogen-bond donors (Lipinski definition) is 0. The van der Waals surface area contributed by atoms with Gasteiger partial charge in [-0.2, -0.15) is 0 Å². The maximum Gasteiger partial charge on any atom is 0.0461 e. The maximum atomic E-state index is 2.35. The molecule has 1 nitrogen and oxygen atoms in total. The third kappa shape index (κ3) is 2.39. The fraction of sp³-hybridized carbons (Fsp3) is 0.158. The van der Waals surface area contributed by atoms with Crippen molar-refractivity contribution in [3.8, 4) is 0 Å². The van der Waals surface area contributed by atoms with E-state index in [2.05, 4.69) is 84.6 Å². The van der Waals surface area contributed by atoms with Gasteiger partial charge in [0.25, 0.3) is 0 Å². The largest absolute Gasteiger partial charge is 0.311 e. The SMILES string of the molecule is C/C=C1\CCC=C1N(c1ccccc1)c1ccccc1. The predicted molar refractivity (Wildman–Crippen MR) is 86.1 cm³/mol. The minimum atomic E-state index is 1.13. The van der Waals surface area contributed by atoms with Gasteiger partial charge in [0.15, 0.2) is 0 Å². The molecule has 0 radical (unpaired) electrons. The number of hydrogen-bond acceptors (Lipinski definition) is 1. The molecule has 3 rings (SSSR count). The lowest BCUT2D eigenvalue weighted by Crippen LogP contribution is -2.16. The second-order valence-electron chi connectivity index (χ2n) is 4.95. The zero-order chi connectivity index (χ0) is 13.8. The van der Waals surface area contributed by atoms with Gasteiger partial charge in [0.1, 0.15) is 0 Å². The lowest BCUT2D eigenvalue weighted by Gasteiger charge is -2.27. The van der Waals surface area contributed by atoms with E-state index in [1.54, 1.807) is 0 Å². The highest BCUT2D eigenvalue weighted by atomic mass is 15.2. The van der Waals surface area contributed by atoms with E-state index in [-0.39, 0.29) is 0 Å². The molecule has 20 heavy (non-hydrogen) atoms. The zero-order valence-electron chi connectivity index (χ0n) is 11.8. The Kier molecular flexibility index (Phi) is 3.69. The number of allylic oxidation sites excluding steroid dienone is 3. The number of rotatable bonds is 3. The molecule has 0 spiro atoms. The minimum absolute atomic E-state index is 1.13. The van der Waals surface area contributed by atoms with E-state index in [0.717, 1.165) is 12.8 Å². The van der Waals surface area contributed by atoms with Crippen LogP contribution in [0.4, 0.5) is 11.4 Å². The van der Waals surface area contributed by atoms with Crippen LogP contribution in [0.25, 0.3) is 0 Å². The molecule has 0 atom stereocenters. The van der Waals surface area contributed by atoms with Gasteiger partial charge in [-0.1, -0.05) is 48.6 Å². The van der Waals surface area contributed by atoms with Crippen LogP contribution in [0.3, 0.4) is 0 Å². The monoisotopic (exact) mass is 261 g/mol. The molecule has 1 aliphatic carbocycles. The van der Waals surface area contributed by atoms with E-state index in [9.17, 15) is 0 Å². The smallest absolute Gasteiger partial charge is 0.0461 e. The Balaban J connectivity index is 2.10. The molecule has 0 unspecified atom stereocenters. The molecule has 0 N–H and O–H groups in total. The molecule has 2 aromatic carbocycles. The molecular formula is C19H19N. The van der Waals surface area contributed by atoms with Gasteiger partial charge in [0, 0.05) is 17.1 Å². The first-order valence-corrected chi connectivity index (χ1v) is 7.16. The molecule has 0 aromatic heterocycles. The van der Waals surface area contributed by atoms with Crippen molar-refractivity contribution in [3.63, 3.8) is 0 Å². The third-order valence-electron chi connectivity index (χ3n) is 3.70. The number of nitrogens with zero attached hydrogens (tertiary/aromatic N) is 1. The van der Waals surface area contributed by atoms with Crippen LogP contribution in [0.1, 0.15) is 19.8 Å². The Morgan fingerprint density at radius 3 is 1.90 bits per heavy atom. The summed E-state index contributed by atoms with van der Waals surface area (Å²) in [6.45, 7) is 2.13. The molecule has 0 saturated heterocycles. The van der Waals surface area contributed by atoms with Gasteiger partial charge in [-0.25, -0.2) is 0 Å². The van der Waals surface area contributed by atoms with Crippen molar-refractivity contribution in [2.45, 2.75) is 19.8 Å². The molecule has 0 fully saturated rings. The highest BCUT2D eigenvalue weighted by Crippen LogP contribution is 2.37. The van der Waals surface area contributed by atoms with Gasteiger partial charge >= 0.3 is 0 Å². The number of para-hydroxylation sites is 2. The van der Waals surface area contributed by atoms with E-state index in [1.807, 2.05) is 0 Å². The third-order valence-corrected chi connectivity index (χ3v) is 3.70. The first-order chi connectivity index (χ1) is 9.90. The highest BCUT2D eigenvalue weighted by Gasteiger charge is 2.20. The van der Waals surface area contributed by atoms with E-state index in [1.165, 1.54) is 22.6 Å². The number of benzene rings is 2. The summed E-state index contributed by atoms with van der Waals surface area (Å²) >= 11 is 0. The van der Waals surface area contributed by atoms with Crippen molar-refractivity contribution in [2.75, 3.05) is 4.90 Å². The fourth-order valence-electron chi connectivity index (χ4n) is 2.73. The molecule has 2 aromatic rings. The molecule has 0 saturated carbocycles. The van der Waals surface area contributed by atoms with Crippen LogP contribution in [-0.2, 0) is 0 Å². The second kappa shape index (κ2) is 5.79. The van der Waals surface area contributed by atoms with E-state index in [4.69, 9.17) is 0 Å². The van der Waals surface area contributed by atoms with Gasteiger partial charge in [0.2, 0.25) is 0 Å². The van der Waals surface area contributed by atoms with E-state index >= 15 is 0 Å². The zero-order valence-corrected chi connectivity index (χ0v) is 11.8. The lowest BCUT2D eigenvalue weighted by atomic mass is 10.1. The highest BCUT2D eigenvalue weighted by molar-refractivity contribution is 5.71. The molecular weight excluding hydrogens is 242 g/mol. The summed E-state index contributed by atoms with van der Waals surface area (Å²) in [5.74, 6) is 0. The van der Waals surface area contributed by atoms with Gasteiger partial charge in [-0.3, -0.25) is 0 Å². The van der Waals surface area contributed by atoms with Crippen LogP contribution in [-0.4, -0.2) is 0 Å². The Morgan fingerprint density at radius 1 is 0.850 bits per heavy atom. The van der Waals surface area contributed by atoms with Crippen molar-refractivity contribution in [1.82, 2.24) is 0 Å². The van der Waals surface area contributed by atoms with E-state index < -0.39 is 0 Å². The molecule has 0 amide bonds. The van der Waals surface area contributed by atoms with Crippen LogP contribution in [0.2, 0.25) is 0 Å². The lowest BCUT2D eigenvalue weighted by molar-refractivity contribution is 1.04. The summed E-state index contributed by atoms with van der Waals surface area (Å²) < 4.78 is 0. The quantitative estimate of drug-likeness (QED) is 0.710. The van der Waals surface area contributed by atoms with Crippen LogP contribution < -0.4 is 4.90 Å². The van der Waals surface area contributed by atoms with Crippen molar-refractivity contribution >= 4 is 11.4 Å². The van der Waals surface area contributed by atoms with Crippen molar-refractivity contribution in [2.24, 2.45) is 0 Å². The summed E-state index contributed by atoms with van der Waals surface area (Å²) in [6, 6.07) is 21.2. The van der Waals surface area contributed by atoms with Crippen LogP contribution in [0.15, 0.2) is 84.1 Å². The predicted octanol–water partition coefficient (Wildman–Crippen LogP) is 5.45. The fourth-order valence-corrected chi connectivity index (χ4v) is 2.73. The Morgan fingerprint density at radius 2 is 1.40 bits per heavy atom. The number of anilines is 2. The first kappa shape index (κ1) is 12.7. The van der Waals surface area contributed by atoms with Gasteiger partial charge in [0.05, 0.1) is 0 Å². The Labute approximate surface area is 120 Å². The average molecular weight is 261 g/mol. The van der Waals surface area contributed by atoms with Crippen LogP contribution >= 0.6 is 0 Å². The normalized spacial score (nSPS) is 16.2. The van der Waals surface area contributed by atoms with Crippen LogP contribution in [0, 0.1) is 0 Å². The molecule has 0 bridgehead atoms. The molecule has 0 aliphatic heterocycles. The van der Waals surface area contributed by atoms with Crippen molar-refractivity contribution in [3.05, 3.63) is 84.1 Å². The Hall–Kier alpha value is -2.28. The van der Waals surface area contributed by atoms with Gasteiger partial charge < -0.3 is 4.90 Å². The summed E-state index contributed by atoms with van der Waals surface area (Å²) in [7, 11) is 0. The second-order valence-corrected chi connectivity index (χ2v) is 4.95. The summed E-state index contributed by atoms with van der Waals surface area (Å²) in [5, 5.41) is 0.